The van der Waals surface area contributed by atoms with Crippen molar-refractivity contribution in [2.75, 3.05) is 5.32 Å². The van der Waals surface area contributed by atoms with Gasteiger partial charge in [0.2, 0.25) is 5.95 Å². The minimum atomic E-state index is -0.599. The molecule has 5 rings (SSSR count). The van der Waals surface area contributed by atoms with Crippen LogP contribution in [0, 0.1) is 0 Å². The number of anilines is 2. The zero-order valence-corrected chi connectivity index (χ0v) is 14.9. The van der Waals surface area contributed by atoms with E-state index < -0.39 is 11.6 Å². The highest BCUT2D eigenvalue weighted by Crippen LogP contribution is 2.42. The second-order valence-electron chi connectivity index (χ2n) is 5.80. The van der Waals surface area contributed by atoms with Gasteiger partial charge in [-0.15, -0.1) is 0 Å². The number of hydrogen-bond acceptors (Lipinski definition) is 7. The molecule has 1 aromatic carbocycles. The van der Waals surface area contributed by atoms with Gasteiger partial charge in [-0.25, -0.2) is 5.10 Å². The summed E-state index contributed by atoms with van der Waals surface area (Å²) < 4.78 is 7.12. The minimum absolute atomic E-state index is 0.273. The molecule has 4 aromatic rings. The summed E-state index contributed by atoms with van der Waals surface area (Å²) in [6, 6.07) is 7.97. The molecular formula is C16H9Cl2N7O2. The molecule has 134 valence electrons. The summed E-state index contributed by atoms with van der Waals surface area (Å²) in [6.45, 7) is 0. The van der Waals surface area contributed by atoms with Crippen molar-refractivity contribution in [3.63, 3.8) is 0 Å². The third-order valence-corrected chi connectivity index (χ3v) is 4.82. The van der Waals surface area contributed by atoms with E-state index in [0.29, 0.717) is 38.6 Å². The van der Waals surface area contributed by atoms with Crippen LogP contribution in [0.4, 0.5) is 11.6 Å². The Labute approximate surface area is 160 Å². The summed E-state index contributed by atoms with van der Waals surface area (Å²) in [5.41, 5.74) is 1.46. The van der Waals surface area contributed by atoms with Crippen LogP contribution >= 0.6 is 23.2 Å². The summed E-state index contributed by atoms with van der Waals surface area (Å²) in [7, 11) is 0. The molecule has 0 radical (unpaired) electrons. The van der Waals surface area contributed by atoms with Crippen molar-refractivity contribution < 1.29 is 4.42 Å². The number of H-pyrrole nitrogens is 1. The summed E-state index contributed by atoms with van der Waals surface area (Å²) >= 11 is 12.4. The Bertz CT molecular complexity index is 1220. The number of nitrogens with one attached hydrogen (secondary N) is 2. The smallest absolute Gasteiger partial charge is 0.288 e. The van der Waals surface area contributed by atoms with Gasteiger partial charge in [0.15, 0.2) is 0 Å². The lowest BCUT2D eigenvalue weighted by Gasteiger charge is -2.26. The number of furan rings is 1. The number of nitrogens with zero attached hydrogens (tertiary/aromatic N) is 5. The summed E-state index contributed by atoms with van der Waals surface area (Å²) in [4.78, 5) is 12.5. The lowest BCUT2D eigenvalue weighted by atomic mass is 9.96. The first-order valence-corrected chi connectivity index (χ1v) is 8.55. The van der Waals surface area contributed by atoms with E-state index in [1.807, 2.05) is 0 Å². The fourth-order valence-corrected chi connectivity index (χ4v) is 3.63. The number of aromatic nitrogens is 6. The Hall–Kier alpha value is -3.17. The number of fused-ring (bicyclic) bond motifs is 2. The van der Waals surface area contributed by atoms with Gasteiger partial charge >= 0.3 is 0 Å². The van der Waals surface area contributed by atoms with Crippen molar-refractivity contribution in [3.8, 4) is 11.3 Å². The molecule has 9 nitrogen and oxygen atoms in total. The number of aromatic amines is 1. The maximum Gasteiger partial charge on any atom is 0.288 e. The highest BCUT2D eigenvalue weighted by Gasteiger charge is 2.36. The van der Waals surface area contributed by atoms with E-state index in [1.165, 1.54) is 10.9 Å². The predicted molar refractivity (Wildman–Crippen MR) is 97.4 cm³/mol. The maximum atomic E-state index is 12.5. The number of halogens is 2. The Morgan fingerprint density at radius 1 is 1.22 bits per heavy atom. The highest BCUT2D eigenvalue weighted by molar-refractivity contribution is 6.36. The van der Waals surface area contributed by atoms with E-state index >= 15 is 0 Å². The molecule has 27 heavy (non-hydrogen) atoms. The summed E-state index contributed by atoms with van der Waals surface area (Å²) in [5, 5.41) is 22.2. The Morgan fingerprint density at radius 2 is 2.11 bits per heavy atom. The van der Waals surface area contributed by atoms with E-state index in [0.717, 1.165) is 0 Å². The molecular weight excluding hydrogens is 393 g/mol. The lowest BCUT2D eigenvalue weighted by Crippen LogP contribution is -2.28. The number of rotatable bonds is 2. The van der Waals surface area contributed by atoms with Crippen LogP contribution in [0.15, 0.2) is 45.8 Å². The van der Waals surface area contributed by atoms with Crippen molar-refractivity contribution in [2.24, 2.45) is 0 Å². The topological polar surface area (TPSA) is 115 Å². The minimum Gasteiger partial charge on any atom is -0.467 e. The molecule has 0 bridgehead atoms. The monoisotopic (exact) mass is 401 g/mol. The zero-order valence-electron chi connectivity index (χ0n) is 13.3. The van der Waals surface area contributed by atoms with E-state index in [2.05, 4.69) is 31.0 Å². The average Bonchev–Trinajstić information content (AvgIpc) is 3.33. The van der Waals surface area contributed by atoms with Crippen LogP contribution in [0.2, 0.25) is 10.0 Å². The van der Waals surface area contributed by atoms with Crippen LogP contribution in [0.1, 0.15) is 17.4 Å². The van der Waals surface area contributed by atoms with Crippen LogP contribution in [-0.2, 0) is 0 Å². The van der Waals surface area contributed by atoms with E-state index in [-0.39, 0.29) is 5.69 Å². The van der Waals surface area contributed by atoms with E-state index in [1.54, 1.807) is 30.3 Å². The molecule has 0 aliphatic carbocycles. The molecule has 1 atom stereocenters. The average molecular weight is 402 g/mol. The Kier molecular flexibility index (Phi) is 3.52. The molecule has 3 aromatic heterocycles. The summed E-state index contributed by atoms with van der Waals surface area (Å²) in [5.74, 6) is 0.860. The van der Waals surface area contributed by atoms with Gasteiger partial charge in [-0.1, -0.05) is 28.3 Å². The Balaban J connectivity index is 1.84. The van der Waals surface area contributed by atoms with Crippen LogP contribution in [0.25, 0.3) is 11.3 Å². The number of tetrazole rings is 1. The van der Waals surface area contributed by atoms with Gasteiger partial charge in [-0.2, -0.15) is 9.78 Å². The molecule has 0 saturated heterocycles. The molecule has 4 heterocycles. The van der Waals surface area contributed by atoms with Crippen molar-refractivity contribution in [2.45, 2.75) is 6.04 Å². The maximum absolute atomic E-state index is 12.5. The van der Waals surface area contributed by atoms with Crippen LogP contribution in [-0.4, -0.2) is 30.4 Å². The largest absolute Gasteiger partial charge is 0.467 e. The standard InChI is InChI=1S/C16H9Cl2N7O2/c17-7-3-4-8(9(18)6-7)12-11-13(15(26)21-20-12)19-16-22-23-24-25(16)14(11)10-2-1-5-27-10/h1-6,14H,(H,21,26)(H,19,22,24)/t14-/m1/s1. The van der Waals surface area contributed by atoms with Crippen LogP contribution < -0.4 is 10.9 Å². The Morgan fingerprint density at radius 3 is 2.89 bits per heavy atom. The molecule has 2 N–H and O–H groups in total. The first-order valence-electron chi connectivity index (χ1n) is 7.80. The fourth-order valence-electron chi connectivity index (χ4n) is 3.13. The predicted octanol–water partition coefficient (Wildman–Crippen LogP) is 3.02. The van der Waals surface area contributed by atoms with Gasteiger partial charge in [-0.3, -0.25) is 4.79 Å². The van der Waals surface area contributed by atoms with Gasteiger partial charge in [-0.05, 0) is 40.8 Å². The normalized spacial score (nSPS) is 15.1. The molecule has 0 unspecified atom stereocenters. The molecule has 1 aliphatic heterocycles. The summed E-state index contributed by atoms with van der Waals surface area (Å²) in [6.07, 6.45) is 1.54. The molecule has 0 amide bonds. The number of benzene rings is 1. The van der Waals surface area contributed by atoms with Gasteiger partial charge in [0.25, 0.3) is 5.56 Å². The molecule has 1 aliphatic rings. The van der Waals surface area contributed by atoms with Gasteiger partial charge in [0.1, 0.15) is 23.2 Å². The van der Waals surface area contributed by atoms with Gasteiger partial charge in [0.05, 0.1) is 11.3 Å². The molecule has 0 fully saturated rings. The fraction of sp³-hybridized carbons (Fsp3) is 0.0625. The SMILES string of the molecule is O=c1[nH]nc(-c2ccc(Cl)cc2Cl)c2c1Nc1nnnn1[C@@H]2c1ccco1. The van der Waals surface area contributed by atoms with Crippen molar-refractivity contribution in [1.29, 1.82) is 0 Å². The first-order chi connectivity index (χ1) is 13.1. The third kappa shape index (κ3) is 2.43. The second kappa shape index (κ2) is 5.93. The molecule has 0 saturated carbocycles. The molecule has 0 spiro atoms. The second-order valence-corrected chi connectivity index (χ2v) is 6.65. The van der Waals surface area contributed by atoms with Gasteiger partial charge < -0.3 is 9.73 Å². The quantitative estimate of drug-likeness (QED) is 0.467. The van der Waals surface area contributed by atoms with Crippen molar-refractivity contribution in [1.82, 2.24) is 30.4 Å². The zero-order chi connectivity index (χ0) is 18.5. The van der Waals surface area contributed by atoms with E-state index in [4.69, 9.17) is 27.6 Å². The van der Waals surface area contributed by atoms with Crippen LogP contribution in [0.3, 0.4) is 0 Å². The van der Waals surface area contributed by atoms with Gasteiger partial charge in [0, 0.05) is 16.1 Å². The highest BCUT2D eigenvalue weighted by atomic mass is 35.5. The lowest BCUT2D eigenvalue weighted by molar-refractivity contribution is 0.435. The first kappa shape index (κ1) is 16.0. The van der Waals surface area contributed by atoms with E-state index in [9.17, 15) is 4.79 Å². The van der Waals surface area contributed by atoms with Crippen molar-refractivity contribution >= 4 is 34.8 Å². The molecule has 11 heteroatoms. The van der Waals surface area contributed by atoms with Crippen molar-refractivity contribution in [3.05, 3.63) is 68.3 Å². The van der Waals surface area contributed by atoms with Crippen LogP contribution in [0.5, 0.6) is 0 Å². The third-order valence-electron chi connectivity index (χ3n) is 4.27. The number of hydrogen-bond donors (Lipinski definition) is 2.